The summed E-state index contributed by atoms with van der Waals surface area (Å²) in [6, 6.07) is 0. The number of ketones is 1. The van der Waals surface area contributed by atoms with E-state index in [0.717, 1.165) is 0 Å². The van der Waals surface area contributed by atoms with Crippen LogP contribution in [-0.2, 0) is 4.79 Å². The molecule has 0 saturated carbocycles. The Balaban J connectivity index is 2.85. The Kier molecular flexibility index (Phi) is 1.79. The van der Waals surface area contributed by atoms with Crippen LogP contribution in [-0.4, -0.2) is 10.9 Å². The lowest BCUT2D eigenvalue weighted by Crippen LogP contribution is -2.15. The molecule has 0 aromatic carbocycles. The molecule has 0 spiro atoms. The zero-order chi connectivity index (χ0) is 7.72. The van der Waals surface area contributed by atoms with Crippen molar-refractivity contribution in [2.75, 3.05) is 0 Å². The molecule has 1 aliphatic rings. The van der Waals surface area contributed by atoms with E-state index in [-0.39, 0.29) is 11.5 Å². The van der Waals surface area contributed by atoms with Gasteiger partial charge in [-0.2, -0.15) is 0 Å². The van der Waals surface area contributed by atoms with Gasteiger partial charge in [0.15, 0.2) is 5.78 Å². The molecule has 10 heavy (non-hydrogen) atoms. The molecule has 0 radical (unpaired) electrons. The molecule has 1 aliphatic carbocycles. The third-order valence-electron chi connectivity index (χ3n) is 1.93. The van der Waals surface area contributed by atoms with Gasteiger partial charge < -0.3 is 5.11 Å². The fraction of sp³-hybridized carbons (Fsp3) is 0.625. The van der Waals surface area contributed by atoms with E-state index in [1.165, 1.54) is 0 Å². The number of aliphatic hydroxyl groups excluding tert-OH is 1. The maximum atomic E-state index is 11.0. The van der Waals surface area contributed by atoms with Gasteiger partial charge in [-0.15, -0.1) is 0 Å². The van der Waals surface area contributed by atoms with Crippen LogP contribution in [0.1, 0.15) is 26.7 Å². The predicted molar refractivity (Wildman–Crippen MR) is 38.7 cm³/mol. The number of Topliss-reactive ketones (excluding diaryl/α,β-unsaturated/α-hetero) is 1. The number of carbonyl (C=O) groups is 1. The fourth-order valence-electron chi connectivity index (χ4n) is 1.19. The first-order valence-electron chi connectivity index (χ1n) is 3.53. The summed E-state index contributed by atoms with van der Waals surface area (Å²) in [4.78, 5) is 11.0. The Bertz CT molecular complexity index is 191. The highest BCUT2D eigenvalue weighted by atomic mass is 16.3. The van der Waals surface area contributed by atoms with Crippen molar-refractivity contribution in [2.24, 2.45) is 5.92 Å². The maximum absolute atomic E-state index is 11.0. The first-order chi connectivity index (χ1) is 4.61. The van der Waals surface area contributed by atoms with E-state index in [9.17, 15) is 9.90 Å². The number of hydrogen-bond acceptors (Lipinski definition) is 2. The molecule has 0 bridgehead atoms. The first kappa shape index (κ1) is 7.32. The topological polar surface area (TPSA) is 37.3 Å². The summed E-state index contributed by atoms with van der Waals surface area (Å²) in [5, 5.41) is 9.18. The Morgan fingerprint density at radius 3 is 2.60 bits per heavy atom. The minimum Gasteiger partial charge on any atom is -0.512 e. The standard InChI is InChI=1S/C8H12O2/c1-5-3-7(9)6(2)8(10)4-5/h5,9H,3-4H2,1-2H3/t5-/m0/s1. The Hall–Kier alpha value is -0.790. The minimum absolute atomic E-state index is 0.0938. The van der Waals surface area contributed by atoms with Crippen molar-refractivity contribution in [2.45, 2.75) is 26.7 Å². The highest BCUT2D eigenvalue weighted by molar-refractivity contribution is 5.96. The second-order valence-electron chi connectivity index (χ2n) is 3.01. The molecule has 0 aromatic rings. The van der Waals surface area contributed by atoms with E-state index >= 15 is 0 Å². The average Bonchev–Trinajstić information content (AvgIpc) is 1.82. The van der Waals surface area contributed by atoms with Crippen molar-refractivity contribution < 1.29 is 9.90 Å². The van der Waals surface area contributed by atoms with Gasteiger partial charge in [0.25, 0.3) is 0 Å². The van der Waals surface area contributed by atoms with E-state index in [1.54, 1.807) is 6.92 Å². The Morgan fingerprint density at radius 1 is 1.50 bits per heavy atom. The number of aliphatic hydroxyl groups is 1. The van der Waals surface area contributed by atoms with Crippen molar-refractivity contribution in [3.63, 3.8) is 0 Å². The quantitative estimate of drug-likeness (QED) is 0.557. The number of rotatable bonds is 0. The SMILES string of the molecule is CC1=C(O)C[C@H](C)CC1=O. The van der Waals surface area contributed by atoms with Gasteiger partial charge in [0.05, 0.1) is 5.76 Å². The van der Waals surface area contributed by atoms with Crippen LogP contribution < -0.4 is 0 Å². The monoisotopic (exact) mass is 140 g/mol. The molecule has 0 heterocycles. The number of hydrogen-bond donors (Lipinski definition) is 1. The average molecular weight is 140 g/mol. The van der Waals surface area contributed by atoms with Gasteiger partial charge >= 0.3 is 0 Å². The highest BCUT2D eigenvalue weighted by Gasteiger charge is 2.21. The smallest absolute Gasteiger partial charge is 0.162 e. The normalized spacial score (nSPS) is 27.4. The van der Waals surface area contributed by atoms with Gasteiger partial charge in [0.1, 0.15) is 0 Å². The zero-order valence-corrected chi connectivity index (χ0v) is 6.35. The van der Waals surface area contributed by atoms with Gasteiger partial charge in [-0.3, -0.25) is 4.79 Å². The van der Waals surface area contributed by atoms with Crippen molar-refractivity contribution in [1.82, 2.24) is 0 Å². The fourth-order valence-corrected chi connectivity index (χ4v) is 1.19. The third-order valence-corrected chi connectivity index (χ3v) is 1.93. The molecule has 0 aliphatic heterocycles. The van der Waals surface area contributed by atoms with Crippen molar-refractivity contribution in [1.29, 1.82) is 0 Å². The van der Waals surface area contributed by atoms with Crippen molar-refractivity contribution in [3.05, 3.63) is 11.3 Å². The largest absolute Gasteiger partial charge is 0.512 e. The van der Waals surface area contributed by atoms with E-state index in [1.807, 2.05) is 6.92 Å². The summed E-state index contributed by atoms with van der Waals surface area (Å²) in [7, 11) is 0. The molecule has 1 N–H and O–H groups in total. The van der Waals surface area contributed by atoms with E-state index in [4.69, 9.17) is 0 Å². The lowest BCUT2D eigenvalue weighted by atomic mass is 9.89. The summed E-state index contributed by atoms with van der Waals surface area (Å²) >= 11 is 0. The highest BCUT2D eigenvalue weighted by Crippen LogP contribution is 2.24. The van der Waals surface area contributed by atoms with Crippen LogP contribution >= 0.6 is 0 Å². The van der Waals surface area contributed by atoms with E-state index < -0.39 is 0 Å². The van der Waals surface area contributed by atoms with Gasteiger partial charge in [-0.1, -0.05) is 6.92 Å². The summed E-state index contributed by atoms with van der Waals surface area (Å²) in [5.41, 5.74) is 0.554. The molecule has 1 atom stereocenters. The maximum Gasteiger partial charge on any atom is 0.162 e. The molecular weight excluding hydrogens is 128 g/mol. The van der Waals surface area contributed by atoms with Crippen LogP contribution in [0, 0.1) is 5.92 Å². The number of allylic oxidation sites excluding steroid dienone is 2. The second-order valence-corrected chi connectivity index (χ2v) is 3.01. The Labute approximate surface area is 60.6 Å². The van der Waals surface area contributed by atoms with Gasteiger partial charge in [0, 0.05) is 18.4 Å². The lowest BCUT2D eigenvalue weighted by Gasteiger charge is -2.17. The molecule has 0 amide bonds. The number of carbonyl (C=O) groups excluding carboxylic acids is 1. The third kappa shape index (κ3) is 1.20. The second kappa shape index (κ2) is 2.45. The molecule has 2 heteroatoms. The minimum atomic E-state index is 0.0938. The summed E-state index contributed by atoms with van der Waals surface area (Å²) in [6.07, 6.45) is 1.26. The van der Waals surface area contributed by atoms with Gasteiger partial charge in [-0.05, 0) is 12.8 Å². The molecular formula is C8H12O2. The van der Waals surface area contributed by atoms with E-state index in [0.29, 0.717) is 24.3 Å². The van der Waals surface area contributed by atoms with Crippen LogP contribution in [0.15, 0.2) is 11.3 Å². The van der Waals surface area contributed by atoms with Crippen LogP contribution in [0.3, 0.4) is 0 Å². The Morgan fingerprint density at radius 2 is 2.10 bits per heavy atom. The molecule has 56 valence electrons. The van der Waals surface area contributed by atoms with Gasteiger partial charge in [-0.25, -0.2) is 0 Å². The first-order valence-corrected chi connectivity index (χ1v) is 3.53. The van der Waals surface area contributed by atoms with Gasteiger partial charge in [0.2, 0.25) is 0 Å². The van der Waals surface area contributed by atoms with Crippen molar-refractivity contribution >= 4 is 5.78 Å². The van der Waals surface area contributed by atoms with Crippen LogP contribution in [0.5, 0.6) is 0 Å². The summed E-state index contributed by atoms with van der Waals surface area (Å²) in [5.74, 6) is 0.691. The molecule has 0 unspecified atom stereocenters. The molecule has 0 aromatic heterocycles. The molecule has 2 nitrogen and oxygen atoms in total. The summed E-state index contributed by atoms with van der Waals surface area (Å²) in [6.45, 7) is 3.66. The lowest BCUT2D eigenvalue weighted by molar-refractivity contribution is -0.117. The summed E-state index contributed by atoms with van der Waals surface area (Å²) < 4.78 is 0. The van der Waals surface area contributed by atoms with Crippen molar-refractivity contribution in [3.8, 4) is 0 Å². The molecule has 0 fully saturated rings. The van der Waals surface area contributed by atoms with Crippen LogP contribution in [0.25, 0.3) is 0 Å². The van der Waals surface area contributed by atoms with Crippen LogP contribution in [0.2, 0.25) is 0 Å². The van der Waals surface area contributed by atoms with E-state index in [2.05, 4.69) is 0 Å². The van der Waals surface area contributed by atoms with Crippen LogP contribution in [0.4, 0.5) is 0 Å². The zero-order valence-electron chi connectivity index (χ0n) is 6.35. The molecule has 1 rings (SSSR count). The molecule has 0 saturated heterocycles. The predicted octanol–water partition coefficient (Wildman–Crippen LogP) is 1.82.